The number of hydrogen-bond acceptors (Lipinski definition) is 6. The predicted octanol–water partition coefficient (Wildman–Crippen LogP) is 4.88. The molecule has 1 aliphatic carbocycles. The highest BCUT2D eigenvalue weighted by Gasteiger charge is 2.36. The average Bonchev–Trinajstić information content (AvgIpc) is 3.10. The number of aryl methyl sites for hydroxylation is 1. The van der Waals surface area contributed by atoms with Crippen LogP contribution in [-0.2, 0) is 11.4 Å². The lowest BCUT2D eigenvalue weighted by Gasteiger charge is -2.29. The summed E-state index contributed by atoms with van der Waals surface area (Å²) < 4.78 is 11.3. The fraction of sp³-hybridized carbons (Fsp3) is 0.360. The minimum atomic E-state index is -0.467. The Balaban J connectivity index is 1.55. The van der Waals surface area contributed by atoms with Gasteiger partial charge in [-0.1, -0.05) is 31.4 Å². The maximum absolute atomic E-state index is 13.1. The third kappa shape index (κ3) is 5.04. The van der Waals surface area contributed by atoms with Gasteiger partial charge in [-0.05, 0) is 67.4 Å². The third-order valence-corrected chi connectivity index (χ3v) is 6.46. The Labute approximate surface area is 203 Å². The summed E-state index contributed by atoms with van der Waals surface area (Å²) in [6, 6.07) is 10.4. The second kappa shape index (κ2) is 10.2. The number of nitrogens with one attached hydrogen (secondary N) is 1. The van der Waals surface area contributed by atoms with Gasteiger partial charge in [-0.15, -0.1) is 0 Å². The van der Waals surface area contributed by atoms with Gasteiger partial charge in [-0.25, -0.2) is 0 Å². The fourth-order valence-corrected chi connectivity index (χ4v) is 4.77. The second-order valence-corrected chi connectivity index (χ2v) is 8.93. The van der Waals surface area contributed by atoms with Crippen molar-refractivity contribution < 1.29 is 19.2 Å². The highest BCUT2D eigenvalue weighted by atomic mass is 32.1. The number of carbonyl (C=O) groups is 1. The Morgan fingerprint density at radius 2 is 1.94 bits per heavy atom. The second-order valence-electron chi connectivity index (χ2n) is 8.54. The molecule has 0 radical (unpaired) electrons. The third-order valence-electron chi connectivity index (χ3n) is 6.16. The molecule has 0 unspecified atom stereocenters. The van der Waals surface area contributed by atoms with E-state index in [4.69, 9.17) is 21.7 Å². The first-order valence-corrected chi connectivity index (χ1v) is 11.7. The van der Waals surface area contributed by atoms with E-state index in [1.165, 1.54) is 12.5 Å². The molecule has 9 heteroatoms. The minimum absolute atomic E-state index is 0.0679. The molecular weight excluding hydrogens is 454 g/mol. The topological polar surface area (TPSA) is 93.9 Å². The Hall–Kier alpha value is -3.46. The van der Waals surface area contributed by atoms with E-state index in [1.54, 1.807) is 36.3 Å². The van der Waals surface area contributed by atoms with Crippen molar-refractivity contribution in [3.05, 3.63) is 68.9 Å². The molecule has 8 nitrogen and oxygen atoms in total. The highest BCUT2D eigenvalue weighted by molar-refractivity contribution is 7.80. The lowest BCUT2D eigenvalue weighted by Crippen LogP contribution is -2.41. The number of methoxy groups -OCH3 is 1. The lowest BCUT2D eigenvalue weighted by atomic mass is 9.94. The number of nitro benzene ring substituents is 1. The van der Waals surface area contributed by atoms with Crippen LogP contribution in [0.4, 0.5) is 5.69 Å². The van der Waals surface area contributed by atoms with E-state index < -0.39 is 4.92 Å². The van der Waals surface area contributed by atoms with Crippen LogP contribution in [0, 0.1) is 17.0 Å². The molecule has 0 aromatic heterocycles. The smallest absolute Gasteiger partial charge is 0.310 e. The number of nitro groups is 1. The Kier molecular flexibility index (Phi) is 7.12. The molecule has 0 bridgehead atoms. The predicted molar refractivity (Wildman–Crippen MR) is 133 cm³/mol. The van der Waals surface area contributed by atoms with E-state index in [0.717, 1.165) is 36.8 Å². The molecule has 1 saturated heterocycles. The van der Waals surface area contributed by atoms with Gasteiger partial charge in [0.25, 0.3) is 5.91 Å². The number of nitrogens with zero attached hydrogens (tertiary/aromatic N) is 2. The number of hydrogen-bond donors (Lipinski definition) is 1. The molecule has 1 aliphatic heterocycles. The van der Waals surface area contributed by atoms with Crippen molar-refractivity contribution in [3.8, 4) is 11.5 Å². The van der Waals surface area contributed by atoms with Gasteiger partial charge < -0.3 is 14.8 Å². The summed E-state index contributed by atoms with van der Waals surface area (Å²) in [4.78, 5) is 25.7. The van der Waals surface area contributed by atoms with Gasteiger partial charge in [0.15, 0.2) is 10.9 Å². The molecule has 4 rings (SSSR count). The van der Waals surface area contributed by atoms with E-state index in [1.807, 2.05) is 19.1 Å². The van der Waals surface area contributed by atoms with E-state index in [2.05, 4.69) is 5.32 Å². The summed E-state index contributed by atoms with van der Waals surface area (Å²) in [6.45, 7) is 1.91. The first-order chi connectivity index (χ1) is 16.4. The zero-order chi connectivity index (χ0) is 24.2. The van der Waals surface area contributed by atoms with Crippen molar-refractivity contribution >= 4 is 35.0 Å². The number of ether oxygens (including phenoxy) is 2. The molecular formula is C25H27N3O5S. The Morgan fingerprint density at radius 1 is 1.18 bits per heavy atom. The summed E-state index contributed by atoms with van der Waals surface area (Å²) in [5.74, 6) is 0.667. The zero-order valence-corrected chi connectivity index (χ0v) is 20.0. The van der Waals surface area contributed by atoms with Crippen LogP contribution < -0.4 is 14.8 Å². The first kappa shape index (κ1) is 23.7. The molecule has 2 aliphatic rings. The van der Waals surface area contributed by atoms with Crippen LogP contribution in [0.5, 0.6) is 11.5 Å². The van der Waals surface area contributed by atoms with Crippen molar-refractivity contribution in [1.29, 1.82) is 0 Å². The lowest BCUT2D eigenvalue weighted by molar-refractivity contribution is -0.386. The largest absolute Gasteiger partial charge is 0.496 e. The van der Waals surface area contributed by atoms with Crippen LogP contribution in [-0.4, -0.2) is 34.0 Å². The van der Waals surface area contributed by atoms with Crippen molar-refractivity contribution in [1.82, 2.24) is 10.2 Å². The molecule has 2 fully saturated rings. The van der Waals surface area contributed by atoms with Crippen LogP contribution in [0.3, 0.4) is 0 Å². The number of rotatable bonds is 7. The normalized spacial score (nSPS) is 17.7. The van der Waals surface area contributed by atoms with Crippen molar-refractivity contribution in [2.24, 2.45) is 0 Å². The first-order valence-electron chi connectivity index (χ1n) is 11.3. The SMILES string of the molecule is COc1ccc(/C=C2/NC(=S)N(C3CCCCC3)C2=O)cc1COc1cc(C)ccc1[N+](=O)[O-]. The van der Waals surface area contributed by atoms with Crippen molar-refractivity contribution in [2.45, 2.75) is 51.7 Å². The molecule has 0 atom stereocenters. The van der Waals surface area contributed by atoms with Gasteiger partial charge in [0.05, 0.1) is 12.0 Å². The van der Waals surface area contributed by atoms with E-state index in [9.17, 15) is 14.9 Å². The van der Waals surface area contributed by atoms with E-state index >= 15 is 0 Å². The molecule has 0 spiro atoms. The summed E-state index contributed by atoms with van der Waals surface area (Å²) in [5, 5.41) is 14.9. The molecule has 1 saturated carbocycles. The average molecular weight is 482 g/mol. The van der Waals surface area contributed by atoms with E-state index in [-0.39, 0.29) is 30.0 Å². The standard InChI is InChI=1S/C25H27N3O5S/c1-16-8-10-21(28(30)31)23(12-16)33-15-18-13-17(9-11-22(18)32-2)14-20-24(29)27(25(34)26-20)19-6-4-3-5-7-19/h8-14,19H,3-7,15H2,1-2H3,(H,26,34)/b20-14+. The number of thiocarbonyl (C=S) groups is 1. The van der Waals surface area contributed by atoms with Crippen LogP contribution in [0.25, 0.3) is 6.08 Å². The Bertz CT molecular complexity index is 1160. The van der Waals surface area contributed by atoms with Crippen LogP contribution in [0.2, 0.25) is 0 Å². The molecule has 1 amide bonds. The maximum atomic E-state index is 13.1. The van der Waals surface area contributed by atoms with E-state index in [0.29, 0.717) is 22.1 Å². The summed E-state index contributed by atoms with van der Waals surface area (Å²) in [7, 11) is 1.55. The highest BCUT2D eigenvalue weighted by Crippen LogP contribution is 2.31. The minimum Gasteiger partial charge on any atom is -0.496 e. The fourth-order valence-electron chi connectivity index (χ4n) is 4.43. The van der Waals surface area contributed by atoms with Gasteiger partial charge in [0, 0.05) is 17.7 Å². The quantitative estimate of drug-likeness (QED) is 0.261. The summed E-state index contributed by atoms with van der Waals surface area (Å²) >= 11 is 5.45. The number of carbonyl (C=O) groups excluding carboxylic acids is 1. The molecule has 2 aromatic carbocycles. The van der Waals surface area contributed by atoms with Gasteiger partial charge in [-0.2, -0.15) is 0 Å². The van der Waals surface area contributed by atoms with Crippen LogP contribution in [0.15, 0.2) is 42.1 Å². The number of benzene rings is 2. The molecule has 1 heterocycles. The molecule has 178 valence electrons. The van der Waals surface area contributed by atoms with Crippen molar-refractivity contribution in [2.75, 3.05) is 7.11 Å². The van der Waals surface area contributed by atoms with Crippen LogP contribution in [0.1, 0.15) is 48.8 Å². The van der Waals surface area contributed by atoms with Gasteiger partial charge in [0.1, 0.15) is 18.1 Å². The summed E-state index contributed by atoms with van der Waals surface area (Å²) in [6.07, 6.45) is 7.11. The number of amides is 1. The van der Waals surface area contributed by atoms with Gasteiger partial charge >= 0.3 is 5.69 Å². The van der Waals surface area contributed by atoms with Crippen molar-refractivity contribution in [3.63, 3.8) is 0 Å². The molecule has 34 heavy (non-hydrogen) atoms. The Morgan fingerprint density at radius 3 is 2.65 bits per heavy atom. The molecule has 2 aromatic rings. The van der Waals surface area contributed by atoms with Gasteiger partial charge in [0.2, 0.25) is 0 Å². The molecule has 1 N–H and O–H groups in total. The zero-order valence-electron chi connectivity index (χ0n) is 19.2. The van der Waals surface area contributed by atoms with Gasteiger partial charge in [-0.3, -0.25) is 19.8 Å². The van der Waals surface area contributed by atoms with Crippen LogP contribution >= 0.6 is 12.2 Å². The summed E-state index contributed by atoms with van der Waals surface area (Å²) in [5.41, 5.74) is 2.66. The monoisotopic (exact) mass is 481 g/mol. The maximum Gasteiger partial charge on any atom is 0.310 e.